The zero-order valence-corrected chi connectivity index (χ0v) is 11.6. The highest BCUT2D eigenvalue weighted by atomic mass is 16.6. The van der Waals surface area contributed by atoms with Gasteiger partial charge in [-0.1, -0.05) is 20.8 Å². The lowest BCUT2D eigenvalue weighted by atomic mass is 9.90. The number of carbonyl (C=O) groups excluding carboxylic acids is 1. The SMILES string of the molecule is CCC(CC)(CC)NCC(=O)OC(C)(C)C. The van der Waals surface area contributed by atoms with Crippen molar-refractivity contribution in [2.75, 3.05) is 6.54 Å². The van der Waals surface area contributed by atoms with Crippen molar-refractivity contribution >= 4 is 5.97 Å². The average molecular weight is 229 g/mol. The van der Waals surface area contributed by atoms with Crippen molar-refractivity contribution in [1.82, 2.24) is 5.32 Å². The Morgan fingerprint density at radius 3 is 1.81 bits per heavy atom. The van der Waals surface area contributed by atoms with Gasteiger partial charge in [0.25, 0.3) is 0 Å². The van der Waals surface area contributed by atoms with Gasteiger partial charge in [0.05, 0.1) is 6.54 Å². The van der Waals surface area contributed by atoms with E-state index in [1.807, 2.05) is 20.8 Å². The lowest BCUT2D eigenvalue weighted by molar-refractivity contribution is -0.154. The molecule has 0 aliphatic carbocycles. The molecule has 0 spiro atoms. The summed E-state index contributed by atoms with van der Waals surface area (Å²) in [5, 5.41) is 3.33. The second-order valence-corrected chi connectivity index (χ2v) is 5.28. The molecule has 0 atom stereocenters. The molecule has 3 nitrogen and oxygen atoms in total. The van der Waals surface area contributed by atoms with E-state index in [1.54, 1.807) is 0 Å². The van der Waals surface area contributed by atoms with Crippen molar-refractivity contribution < 1.29 is 9.53 Å². The first-order valence-corrected chi connectivity index (χ1v) is 6.25. The molecule has 0 aromatic heterocycles. The zero-order chi connectivity index (χ0) is 12.8. The maximum atomic E-state index is 11.6. The van der Waals surface area contributed by atoms with Crippen molar-refractivity contribution in [3.63, 3.8) is 0 Å². The van der Waals surface area contributed by atoms with Crippen molar-refractivity contribution in [2.45, 2.75) is 71.9 Å². The molecule has 0 radical (unpaired) electrons. The summed E-state index contributed by atoms with van der Waals surface area (Å²) >= 11 is 0. The van der Waals surface area contributed by atoms with Gasteiger partial charge in [-0.05, 0) is 40.0 Å². The van der Waals surface area contributed by atoms with Gasteiger partial charge in [-0.15, -0.1) is 0 Å². The molecule has 96 valence electrons. The van der Waals surface area contributed by atoms with E-state index in [9.17, 15) is 4.79 Å². The molecule has 0 aromatic rings. The number of nitrogens with one attached hydrogen (secondary N) is 1. The normalized spacial score (nSPS) is 12.6. The highest BCUT2D eigenvalue weighted by Gasteiger charge is 2.25. The summed E-state index contributed by atoms with van der Waals surface area (Å²) in [6.45, 7) is 12.4. The van der Waals surface area contributed by atoms with Gasteiger partial charge in [-0.2, -0.15) is 0 Å². The highest BCUT2D eigenvalue weighted by molar-refractivity contribution is 5.72. The predicted octanol–water partition coefficient (Wildman–Crippen LogP) is 2.89. The standard InChI is InChI=1S/C13H27NO2/c1-7-13(8-2,9-3)14-10-11(15)16-12(4,5)6/h14H,7-10H2,1-6H3. The summed E-state index contributed by atoms with van der Waals surface area (Å²) in [5.74, 6) is -0.174. The van der Waals surface area contributed by atoms with E-state index in [2.05, 4.69) is 26.1 Å². The maximum Gasteiger partial charge on any atom is 0.320 e. The second kappa shape index (κ2) is 6.24. The molecule has 0 bridgehead atoms. The van der Waals surface area contributed by atoms with E-state index in [0.717, 1.165) is 19.3 Å². The van der Waals surface area contributed by atoms with E-state index < -0.39 is 5.60 Å². The molecule has 1 N–H and O–H groups in total. The fourth-order valence-electron chi connectivity index (χ4n) is 1.76. The Morgan fingerprint density at radius 2 is 1.50 bits per heavy atom. The quantitative estimate of drug-likeness (QED) is 0.712. The third-order valence-corrected chi connectivity index (χ3v) is 3.06. The number of ether oxygens (including phenoxy) is 1. The second-order valence-electron chi connectivity index (χ2n) is 5.28. The van der Waals surface area contributed by atoms with Crippen LogP contribution in [0.3, 0.4) is 0 Å². The van der Waals surface area contributed by atoms with E-state index >= 15 is 0 Å². The minimum absolute atomic E-state index is 0.0803. The summed E-state index contributed by atoms with van der Waals surface area (Å²) < 4.78 is 5.27. The Morgan fingerprint density at radius 1 is 1.06 bits per heavy atom. The third-order valence-electron chi connectivity index (χ3n) is 3.06. The fourth-order valence-corrected chi connectivity index (χ4v) is 1.76. The minimum Gasteiger partial charge on any atom is -0.459 e. The van der Waals surface area contributed by atoms with E-state index in [1.165, 1.54) is 0 Å². The molecule has 0 saturated heterocycles. The van der Waals surface area contributed by atoms with Crippen molar-refractivity contribution in [1.29, 1.82) is 0 Å². The minimum atomic E-state index is -0.397. The molecular weight excluding hydrogens is 202 g/mol. The first kappa shape index (κ1) is 15.4. The largest absolute Gasteiger partial charge is 0.459 e. The molecule has 0 aromatic carbocycles. The van der Waals surface area contributed by atoms with Crippen molar-refractivity contribution in [3.8, 4) is 0 Å². The van der Waals surface area contributed by atoms with Crippen LogP contribution in [0, 0.1) is 0 Å². The van der Waals surface area contributed by atoms with E-state index in [-0.39, 0.29) is 11.5 Å². The van der Waals surface area contributed by atoms with Crippen LogP contribution < -0.4 is 5.32 Å². The third kappa shape index (κ3) is 5.50. The first-order chi connectivity index (χ1) is 7.28. The Hall–Kier alpha value is -0.570. The van der Waals surface area contributed by atoms with E-state index in [0.29, 0.717) is 6.54 Å². The molecule has 0 heterocycles. The Balaban J connectivity index is 4.17. The van der Waals surface area contributed by atoms with Gasteiger partial charge < -0.3 is 10.1 Å². The van der Waals surface area contributed by atoms with E-state index in [4.69, 9.17) is 4.74 Å². The molecular formula is C13H27NO2. The van der Waals surface area contributed by atoms with Crippen LogP contribution in [0.2, 0.25) is 0 Å². The van der Waals surface area contributed by atoms with Crippen LogP contribution in [-0.2, 0) is 9.53 Å². The molecule has 3 heteroatoms. The smallest absolute Gasteiger partial charge is 0.320 e. The lowest BCUT2D eigenvalue weighted by Gasteiger charge is -2.32. The maximum absolute atomic E-state index is 11.6. The monoisotopic (exact) mass is 229 g/mol. The molecule has 16 heavy (non-hydrogen) atoms. The van der Waals surface area contributed by atoms with Gasteiger partial charge in [-0.3, -0.25) is 4.79 Å². The summed E-state index contributed by atoms with van der Waals surface area (Å²) in [6.07, 6.45) is 3.09. The molecule has 0 saturated carbocycles. The number of carbonyl (C=O) groups is 1. The fraction of sp³-hybridized carbons (Fsp3) is 0.923. The summed E-state index contributed by atoms with van der Waals surface area (Å²) in [6, 6.07) is 0. The predicted molar refractivity (Wildman–Crippen MR) is 67.5 cm³/mol. The van der Waals surface area contributed by atoms with Crippen LogP contribution in [0.4, 0.5) is 0 Å². The lowest BCUT2D eigenvalue weighted by Crippen LogP contribution is -2.47. The van der Waals surface area contributed by atoms with Crippen LogP contribution in [0.25, 0.3) is 0 Å². The van der Waals surface area contributed by atoms with Gasteiger partial charge >= 0.3 is 5.97 Å². The molecule has 0 fully saturated rings. The van der Waals surface area contributed by atoms with Gasteiger partial charge in [0.1, 0.15) is 5.60 Å². The zero-order valence-electron chi connectivity index (χ0n) is 11.6. The first-order valence-electron chi connectivity index (χ1n) is 6.25. The highest BCUT2D eigenvalue weighted by Crippen LogP contribution is 2.19. The average Bonchev–Trinajstić information content (AvgIpc) is 2.18. The van der Waals surface area contributed by atoms with Crippen LogP contribution in [0.15, 0.2) is 0 Å². The van der Waals surface area contributed by atoms with Gasteiger partial charge in [0.15, 0.2) is 0 Å². The van der Waals surface area contributed by atoms with Gasteiger partial charge in [0.2, 0.25) is 0 Å². The molecule has 0 rings (SSSR count). The summed E-state index contributed by atoms with van der Waals surface area (Å²) in [5.41, 5.74) is -0.316. The van der Waals surface area contributed by atoms with Crippen LogP contribution >= 0.6 is 0 Å². The topological polar surface area (TPSA) is 38.3 Å². The molecule has 0 aliphatic heterocycles. The number of hydrogen-bond donors (Lipinski definition) is 1. The number of rotatable bonds is 6. The van der Waals surface area contributed by atoms with Crippen LogP contribution in [0.1, 0.15) is 60.8 Å². The Kier molecular flexibility index (Phi) is 6.01. The van der Waals surface area contributed by atoms with Crippen LogP contribution in [0.5, 0.6) is 0 Å². The summed E-state index contributed by atoms with van der Waals surface area (Å²) in [7, 11) is 0. The summed E-state index contributed by atoms with van der Waals surface area (Å²) in [4.78, 5) is 11.6. The molecule has 0 unspecified atom stereocenters. The Labute approximate surface area is 99.9 Å². The van der Waals surface area contributed by atoms with Crippen LogP contribution in [-0.4, -0.2) is 23.7 Å². The van der Waals surface area contributed by atoms with Gasteiger partial charge in [-0.25, -0.2) is 0 Å². The number of hydrogen-bond acceptors (Lipinski definition) is 3. The van der Waals surface area contributed by atoms with Crippen molar-refractivity contribution in [3.05, 3.63) is 0 Å². The molecule has 0 aliphatic rings. The Bertz CT molecular complexity index is 206. The number of esters is 1. The van der Waals surface area contributed by atoms with Crippen molar-refractivity contribution in [2.24, 2.45) is 0 Å². The van der Waals surface area contributed by atoms with Gasteiger partial charge in [0, 0.05) is 5.54 Å². The molecule has 0 amide bonds.